The van der Waals surface area contributed by atoms with Crippen molar-refractivity contribution in [3.05, 3.63) is 62.6 Å². The SMILES string of the molecule is COCCn1c(=NC(=O)c2cc(Cl)ccc2Cl)sc2cccc(F)c21. The maximum absolute atomic E-state index is 14.2. The monoisotopic (exact) mass is 398 g/mol. The standard InChI is InChI=1S/C17H13Cl2FN2O2S/c1-24-8-7-22-15-13(20)3-2-4-14(15)25-17(22)21-16(23)11-9-10(18)5-6-12(11)19/h2-6,9H,7-8H2,1H3. The molecule has 1 amide bonds. The highest BCUT2D eigenvalue weighted by Gasteiger charge is 2.14. The van der Waals surface area contributed by atoms with Crippen molar-refractivity contribution >= 4 is 50.7 Å². The van der Waals surface area contributed by atoms with E-state index < -0.39 is 5.91 Å². The topological polar surface area (TPSA) is 43.6 Å². The van der Waals surface area contributed by atoms with E-state index in [1.807, 2.05) is 0 Å². The number of methoxy groups -OCH3 is 1. The molecule has 0 unspecified atom stereocenters. The Bertz CT molecular complexity index is 1010. The van der Waals surface area contributed by atoms with E-state index in [0.29, 0.717) is 33.2 Å². The van der Waals surface area contributed by atoms with E-state index in [1.165, 1.54) is 29.5 Å². The Balaban J connectivity index is 2.16. The van der Waals surface area contributed by atoms with Gasteiger partial charge in [0.05, 0.1) is 27.4 Å². The van der Waals surface area contributed by atoms with Gasteiger partial charge >= 0.3 is 0 Å². The van der Waals surface area contributed by atoms with E-state index >= 15 is 0 Å². The Morgan fingerprint density at radius 1 is 1.32 bits per heavy atom. The maximum atomic E-state index is 14.2. The van der Waals surface area contributed by atoms with Crippen molar-refractivity contribution in [2.75, 3.05) is 13.7 Å². The van der Waals surface area contributed by atoms with Crippen LogP contribution >= 0.6 is 34.5 Å². The van der Waals surface area contributed by atoms with Crippen molar-refractivity contribution in [1.82, 2.24) is 4.57 Å². The van der Waals surface area contributed by atoms with Gasteiger partial charge in [0.25, 0.3) is 5.91 Å². The first-order chi connectivity index (χ1) is 12.0. The molecule has 1 heterocycles. The number of hydrogen-bond donors (Lipinski definition) is 0. The van der Waals surface area contributed by atoms with Crippen LogP contribution in [-0.2, 0) is 11.3 Å². The van der Waals surface area contributed by atoms with Crippen LogP contribution in [0.5, 0.6) is 0 Å². The van der Waals surface area contributed by atoms with Gasteiger partial charge in [0.1, 0.15) is 5.82 Å². The molecule has 0 radical (unpaired) electrons. The molecule has 0 bridgehead atoms. The Kier molecular flexibility index (Phi) is 5.54. The molecule has 0 saturated carbocycles. The van der Waals surface area contributed by atoms with E-state index in [0.717, 1.165) is 0 Å². The number of aromatic nitrogens is 1. The Labute approximate surface area is 157 Å². The molecule has 0 N–H and O–H groups in total. The van der Waals surface area contributed by atoms with E-state index in [-0.39, 0.29) is 16.4 Å². The van der Waals surface area contributed by atoms with Crippen LogP contribution in [0.4, 0.5) is 4.39 Å². The number of carbonyl (C=O) groups is 1. The van der Waals surface area contributed by atoms with Gasteiger partial charge in [-0.2, -0.15) is 4.99 Å². The van der Waals surface area contributed by atoms with Crippen molar-refractivity contribution in [3.8, 4) is 0 Å². The molecule has 2 aromatic carbocycles. The average Bonchev–Trinajstić information content (AvgIpc) is 2.93. The van der Waals surface area contributed by atoms with Gasteiger partial charge in [-0.3, -0.25) is 4.79 Å². The molecule has 0 aliphatic heterocycles. The first-order valence-corrected chi connectivity index (χ1v) is 8.89. The lowest BCUT2D eigenvalue weighted by molar-refractivity contribution is 0.0997. The van der Waals surface area contributed by atoms with Gasteiger partial charge in [0, 0.05) is 18.7 Å². The molecule has 0 aliphatic carbocycles. The second-order valence-corrected chi connectivity index (χ2v) is 7.01. The predicted octanol–water partition coefficient (Wildman–Crippen LogP) is 4.54. The Morgan fingerprint density at radius 3 is 2.88 bits per heavy atom. The van der Waals surface area contributed by atoms with Crippen LogP contribution in [0.2, 0.25) is 10.0 Å². The van der Waals surface area contributed by atoms with Gasteiger partial charge < -0.3 is 9.30 Å². The minimum atomic E-state index is -0.536. The highest BCUT2D eigenvalue weighted by Crippen LogP contribution is 2.23. The van der Waals surface area contributed by atoms with Crippen LogP contribution < -0.4 is 4.80 Å². The number of halogens is 3. The van der Waals surface area contributed by atoms with E-state index in [9.17, 15) is 9.18 Å². The fraction of sp³-hybridized carbons (Fsp3) is 0.176. The summed E-state index contributed by atoms with van der Waals surface area (Å²) in [6, 6.07) is 9.36. The number of fused-ring (bicyclic) bond motifs is 1. The molecule has 1 aromatic heterocycles. The van der Waals surface area contributed by atoms with Gasteiger partial charge in [0.2, 0.25) is 0 Å². The normalized spacial score (nSPS) is 12.1. The van der Waals surface area contributed by atoms with E-state index in [4.69, 9.17) is 27.9 Å². The maximum Gasteiger partial charge on any atom is 0.281 e. The number of benzene rings is 2. The quantitative estimate of drug-likeness (QED) is 0.647. The highest BCUT2D eigenvalue weighted by atomic mass is 35.5. The fourth-order valence-corrected chi connectivity index (χ4v) is 3.81. The number of para-hydroxylation sites is 1. The van der Waals surface area contributed by atoms with E-state index in [1.54, 1.807) is 29.9 Å². The van der Waals surface area contributed by atoms with Crippen molar-refractivity contribution in [2.45, 2.75) is 6.54 Å². The molecule has 0 aliphatic rings. The molecule has 130 valence electrons. The minimum Gasteiger partial charge on any atom is -0.383 e. The summed E-state index contributed by atoms with van der Waals surface area (Å²) < 4.78 is 21.7. The van der Waals surface area contributed by atoms with Crippen LogP contribution in [0.3, 0.4) is 0 Å². The van der Waals surface area contributed by atoms with Gasteiger partial charge in [-0.1, -0.05) is 40.6 Å². The third kappa shape index (κ3) is 3.77. The second kappa shape index (κ2) is 7.66. The summed E-state index contributed by atoms with van der Waals surface area (Å²) in [5, 5.41) is 0.645. The fourth-order valence-electron chi connectivity index (χ4n) is 2.37. The zero-order chi connectivity index (χ0) is 18.0. The molecule has 0 atom stereocenters. The number of ether oxygens (including phenoxy) is 1. The lowest BCUT2D eigenvalue weighted by atomic mass is 10.2. The van der Waals surface area contributed by atoms with Gasteiger partial charge in [0.15, 0.2) is 4.80 Å². The number of nitrogens with zero attached hydrogens (tertiary/aromatic N) is 2. The Hall–Kier alpha value is -1.73. The van der Waals surface area contributed by atoms with E-state index in [2.05, 4.69) is 4.99 Å². The minimum absolute atomic E-state index is 0.199. The molecule has 3 aromatic rings. The summed E-state index contributed by atoms with van der Waals surface area (Å²) in [4.78, 5) is 17.0. The highest BCUT2D eigenvalue weighted by molar-refractivity contribution is 7.16. The zero-order valence-corrected chi connectivity index (χ0v) is 15.5. The second-order valence-electron chi connectivity index (χ2n) is 5.16. The molecular formula is C17H13Cl2FN2O2S. The molecule has 3 rings (SSSR count). The van der Waals surface area contributed by atoms with Gasteiger partial charge in [-0.25, -0.2) is 4.39 Å². The van der Waals surface area contributed by atoms with Gasteiger partial charge in [-0.05, 0) is 30.3 Å². The predicted molar refractivity (Wildman–Crippen MR) is 98.0 cm³/mol. The summed E-state index contributed by atoms with van der Waals surface area (Å²) in [6.45, 7) is 0.728. The summed E-state index contributed by atoms with van der Waals surface area (Å²) in [7, 11) is 1.55. The molecule has 25 heavy (non-hydrogen) atoms. The van der Waals surface area contributed by atoms with Gasteiger partial charge in [-0.15, -0.1) is 0 Å². The molecule has 0 saturated heterocycles. The number of hydrogen-bond acceptors (Lipinski definition) is 3. The van der Waals surface area contributed by atoms with Crippen molar-refractivity contribution in [2.24, 2.45) is 4.99 Å². The number of thiazole rings is 1. The average molecular weight is 399 g/mol. The summed E-state index contributed by atoms with van der Waals surface area (Å²) in [5.74, 6) is -0.912. The summed E-state index contributed by atoms with van der Waals surface area (Å²) in [5.41, 5.74) is 0.596. The first-order valence-electron chi connectivity index (χ1n) is 7.32. The van der Waals surface area contributed by atoms with Crippen LogP contribution in [0.25, 0.3) is 10.2 Å². The molecule has 0 spiro atoms. The molecule has 0 fully saturated rings. The number of carbonyl (C=O) groups excluding carboxylic acids is 1. The molecule has 4 nitrogen and oxygen atoms in total. The number of amides is 1. The van der Waals surface area contributed by atoms with Crippen LogP contribution in [0, 0.1) is 5.82 Å². The lowest BCUT2D eigenvalue weighted by Gasteiger charge is -2.05. The Morgan fingerprint density at radius 2 is 2.12 bits per heavy atom. The van der Waals surface area contributed by atoms with Crippen LogP contribution in [0.1, 0.15) is 10.4 Å². The molecular weight excluding hydrogens is 386 g/mol. The molecule has 8 heteroatoms. The lowest BCUT2D eigenvalue weighted by Crippen LogP contribution is -2.20. The van der Waals surface area contributed by atoms with Crippen molar-refractivity contribution in [3.63, 3.8) is 0 Å². The summed E-state index contributed by atoms with van der Waals surface area (Å²) >= 11 is 13.2. The smallest absolute Gasteiger partial charge is 0.281 e. The van der Waals surface area contributed by atoms with Crippen LogP contribution in [-0.4, -0.2) is 24.2 Å². The third-order valence-corrected chi connectivity index (χ3v) is 5.14. The zero-order valence-electron chi connectivity index (χ0n) is 13.1. The summed E-state index contributed by atoms with van der Waals surface area (Å²) in [6.07, 6.45) is 0. The van der Waals surface area contributed by atoms with Crippen molar-refractivity contribution < 1.29 is 13.9 Å². The van der Waals surface area contributed by atoms with Crippen molar-refractivity contribution in [1.29, 1.82) is 0 Å². The largest absolute Gasteiger partial charge is 0.383 e. The third-order valence-electron chi connectivity index (χ3n) is 3.53. The number of rotatable bonds is 4. The van der Waals surface area contributed by atoms with Crippen LogP contribution in [0.15, 0.2) is 41.4 Å². The first kappa shape index (κ1) is 18.1.